The average molecular weight is 592 g/mol. The fourth-order valence-corrected chi connectivity index (χ4v) is 7.04. The van der Waals surface area contributed by atoms with Gasteiger partial charge in [-0.2, -0.15) is 0 Å². The largest absolute Gasteiger partial charge is 0.493 e. The standard InChI is InChI=1S/C37H43N4O3/c1-5-39-20-22-40(23-21-39)32-17-11-16-31-35(32)36(28-18-19-33(43-3)34(24-28)44-4)41(6-2,37(31)42)30-15-10-14-29(25-30)38-26-27-12-8-7-9-13-27/h7-19,24-25,36,38H,5-6,20-23,26H2,1-4H3/q+1. The molecule has 1 saturated heterocycles. The molecule has 2 aliphatic rings. The van der Waals surface area contributed by atoms with Gasteiger partial charge in [0.25, 0.3) is 0 Å². The summed E-state index contributed by atoms with van der Waals surface area (Å²) in [5.41, 5.74) is 7.23. The van der Waals surface area contributed by atoms with E-state index in [0.717, 1.165) is 66.5 Å². The maximum atomic E-state index is 14.9. The highest BCUT2D eigenvalue weighted by atomic mass is 16.5. The van der Waals surface area contributed by atoms with Crippen LogP contribution in [0, 0.1) is 0 Å². The Morgan fingerprint density at radius 1 is 0.818 bits per heavy atom. The van der Waals surface area contributed by atoms with Gasteiger partial charge in [0.05, 0.1) is 31.9 Å². The summed E-state index contributed by atoms with van der Waals surface area (Å²) in [5, 5.41) is 3.59. The number of nitrogens with one attached hydrogen (secondary N) is 1. The molecule has 0 aliphatic carbocycles. The molecule has 2 atom stereocenters. The number of carbonyl (C=O) groups is 1. The molecule has 44 heavy (non-hydrogen) atoms. The maximum absolute atomic E-state index is 14.9. The number of nitrogens with zero attached hydrogens (tertiary/aromatic N) is 3. The van der Waals surface area contributed by atoms with Crippen LogP contribution in [0.5, 0.6) is 11.5 Å². The molecular formula is C37H43N4O3+. The Kier molecular flexibility index (Phi) is 8.60. The predicted octanol–water partition coefficient (Wildman–Crippen LogP) is 6.73. The molecule has 0 aromatic heterocycles. The Hall–Kier alpha value is -4.33. The van der Waals surface area contributed by atoms with Crippen molar-refractivity contribution in [3.63, 3.8) is 0 Å². The lowest BCUT2D eigenvalue weighted by molar-refractivity contribution is 0.0766. The number of anilines is 2. The first-order valence-corrected chi connectivity index (χ1v) is 15.7. The minimum atomic E-state index is -0.257. The fraction of sp³-hybridized carbons (Fsp3) is 0.324. The highest BCUT2D eigenvalue weighted by molar-refractivity contribution is 6.09. The van der Waals surface area contributed by atoms with Crippen molar-refractivity contribution in [2.24, 2.45) is 0 Å². The van der Waals surface area contributed by atoms with E-state index in [9.17, 15) is 4.79 Å². The van der Waals surface area contributed by atoms with Crippen molar-refractivity contribution in [1.82, 2.24) is 9.38 Å². The van der Waals surface area contributed by atoms with Gasteiger partial charge in [-0.3, -0.25) is 0 Å². The lowest BCUT2D eigenvalue weighted by Gasteiger charge is -2.39. The summed E-state index contributed by atoms with van der Waals surface area (Å²) in [6, 6.07) is 30.9. The number of quaternary nitrogens is 1. The van der Waals surface area contributed by atoms with E-state index < -0.39 is 0 Å². The van der Waals surface area contributed by atoms with Crippen LogP contribution in [0.2, 0.25) is 0 Å². The summed E-state index contributed by atoms with van der Waals surface area (Å²) in [6.07, 6.45) is 0. The molecule has 0 spiro atoms. The SMILES string of the molecule is CCN1CCN(c2cccc3c2C(c2ccc(OC)c(OC)c2)[N+](CC)(c2cccc(NCc4ccccc4)c2)C3=O)CC1. The number of likely N-dealkylation sites (N-methyl/N-ethyl adjacent to an activating group) is 1. The van der Waals surface area contributed by atoms with Crippen LogP contribution in [0.15, 0.2) is 91.0 Å². The molecule has 1 amide bonds. The number of methoxy groups -OCH3 is 2. The van der Waals surface area contributed by atoms with Gasteiger partial charge >= 0.3 is 5.91 Å². The first-order chi connectivity index (χ1) is 21.5. The zero-order valence-electron chi connectivity index (χ0n) is 26.3. The van der Waals surface area contributed by atoms with Crippen molar-refractivity contribution in [1.29, 1.82) is 0 Å². The van der Waals surface area contributed by atoms with Crippen molar-refractivity contribution in [2.45, 2.75) is 26.4 Å². The summed E-state index contributed by atoms with van der Waals surface area (Å²) in [5.74, 6) is 1.45. The first kappa shape index (κ1) is 29.7. The zero-order chi connectivity index (χ0) is 30.7. The third-order valence-electron chi connectivity index (χ3n) is 9.42. The van der Waals surface area contributed by atoms with Crippen LogP contribution in [0.25, 0.3) is 0 Å². The molecule has 6 rings (SSSR count). The Balaban J connectivity index is 1.49. The highest BCUT2D eigenvalue weighted by Crippen LogP contribution is 2.52. The molecule has 4 aromatic carbocycles. The van der Waals surface area contributed by atoms with Gasteiger partial charge in [-0.1, -0.05) is 49.4 Å². The quantitative estimate of drug-likeness (QED) is 0.207. The van der Waals surface area contributed by atoms with E-state index >= 15 is 0 Å². The maximum Gasteiger partial charge on any atom is 0.352 e. The molecule has 2 aliphatic heterocycles. The van der Waals surface area contributed by atoms with Crippen LogP contribution in [0.1, 0.15) is 46.9 Å². The highest BCUT2D eigenvalue weighted by Gasteiger charge is 2.56. The Morgan fingerprint density at radius 2 is 1.57 bits per heavy atom. The second kappa shape index (κ2) is 12.7. The number of hydrogen-bond donors (Lipinski definition) is 1. The molecule has 2 heterocycles. The predicted molar refractivity (Wildman–Crippen MR) is 179 cm³/mol. The Labute approximate surface area is 261 Å². The van der Waals surface area contributed by atoms with E-state index in [2.05, 4.69) is 102 Å². The molecule has 1 N–H and O–H groups in total. The zero-order valence-corrected chi connectivity index (χ0v) is 26.3. The lowest BCUT2D eigenvalue weighted by Crippen LogP contribution is -2.52. The van der Waals surface area contributed by atoms with Crippen molar-refractivity contribution >= 4 is 23.0 Å². The van der Waals surface area contributed by atoms with Crippen molar-refractivity contribution in [3.8, 4) is 11.5 Å². The van der Waals surface area contributed by atoms with Crippen LogP contribution in [0.4, 0.5) is 17.1 Å². The number of hydrogen-bond acceptors (Lipinski definition) is 6. The molecule has 1 fully saturated rings. The number of fused-ring (bicyclic) bond motifs is 1. The fourth-order valence-electron chi connectivity index (χ4n) is 7.04. The smallest absolute Gasteiger partial charge is 0.352 e. The van der Waals surface area contributed by atoms with Gasteiger partial charge in [0, 0.05) is 55.7 Å². The van der Waals surface area contributed by atoms with Gasteiger partial charge in [-0.25, -0.2) is 9.28 Å². The monoisotopic (exact) mass is 591 g/mol. The van der Waals surface area contributed by atoms with Crippen molar-refractivity contribution < 1.29 is 14.3 Å². The average Bonchev–Trinajstić information content (AvgIpc) is 3.36. The van der Waals surface area contributed by atoms with Crippen molar-refractivity contribution in [2.75, 3.05) is 63.7 Å². The summed E-state index contributed by atoms with van der Waals surface area (Å²) in [7, 11) is 3.32. The molecule has 0 bridgehead atoms. The lowest BCUT2D eigenvalue weighted by atomic mass is 9.93. The van der Waals surface area contributed by atoms with Gasteiger partial charge in [-0.05, 0) is 61.5 Å². The Morgan fingerprint density at radius 3 is 2.27 bits per heavy atom. The molecule has 2 unspecified atom stereocenters. The second-order valence-corrected chi connectivity index (χ2v) is 11.6. The van der Waals surface area contributed by atoms with Crippen molar-refractivity contribution in [3.05, 3.63) is 113 Å². The van der Waals surface area contributed by atoms with Gasteiger partial charge in [0.2, 0.25) is 0 Å². The van der Waals surface area contributed by atoms with Gasteiger partial charge < -0.3 is 24.6 Å². The summed E-state index contributed by atoms with van der Waals surface area (Å²) in [4.78, 5) is 19.9. The van der Waals surface area contributed by atoms with Gasteiger partial charge in [0.1, 0.15) is 5.69 Å². The number of carbonyl (C=O) groups excluding carboxylic acids is 1. The molecule has 7 heteroatoms. The van der Waals surface area contributed by atoms with Crippen LogP contribution in [0.3, 0.4) is 0 Å². The second-order valence-electron chi connectivity index (χ2n) is 11.6. The molecule has 228 valence electrons. The minimum absolute atomic E-state index is 0.122. The molecule has 0 radical (unpaired) electrons. The normalized spacial score (nSPS) is 20.0. The topological polar surface area (TPSA) is 54.0 Å². The van der Waals surface area contributed by atoms with E-state index in [0.29, 0.717) is 24.6 Å². The van der Waals surface area contributed by atoms with E-state index in [4.69, 9.17) is 9.47 Å². The molecule has 4 aromatic rings. The number of ether oxygens (including phenoxy) is 2. The van der Waals surface area contributed by atoms with Crippen LogP contribution < -0.4 is 24.2 Å². The summed E-state index contributed by atoms with van der Waals surface area (Å²) in [6.45, 7) is 10.6. The van der Waals surface area contributed by atoms with Crippen LogP contribution >= 0.6 is 0 Å². The minimum Gasteiger partial charge on any atom is -0.493 e. The van der Waals surface area contributed by atoms with Crippen LogP contribution in [-0.2, 0) is 6.54 Å². The van der Waals surface area contributed by atoms with Crippen LogP contribution in [-0.4, -0.2) is 64.3 Å². The van der Waals surface area contributed by atoms with Gasteiger partial charge in [0.15, 0.2) is 17.5 Å². The summed E-state index contributed by atoms with van der Waals surface area (Å²) < 4.78 is 11.6. The summed E-state index contributed by atoms with van der Waals surface area (Å²) >= 11 is 0. The van der Waals surface area contributed by atoms with E-state index in [1.165, 1.54) is 5.56 Å². The van der Waals surface area contributed by atoms with Gasteiger partial charge in [-0.15, -0.1) is 0 Å². The third kappa shape index (κ3) is 5.20. The van der Waals surface area contributed by atoms with E-state index in [1.54, 1.807) is 14.2 Å². The Bertz CT molecular complexity index is 1620. The van der Waals surface area contributed by atoms with E-state index in [-0.39, 0.29) is 16.4 Å². The number of amides is 1. The van der Waals surface area contributed by atoms with E-state index in [1.807, 2.05) is 18.2 Å². The first-order valence-electron chi connectivity index (χ1n) is 15.7. The molecular weight excluding hydrogens is 548 g/mol. The number of piperazine rings is 1. The third-order valence-corrected chi connectivity index (χ3v) is 9.42. The molecule has 0 saturated carbocycles. The number of benzene rings is 4. The molecule has 7 nitrogen and oxygen atoms in total. The number of rotatable bonds is 10.